The van der Waals surface area contributed by atoms with Gasteiger partial charge in [-0.2, -0.15) is 0 Å². The van der Waals surface area contributed by atoms with E-state index in [2.05, 4.69) is 5.32 Å². The van der Waals surface area contributed by atoms with E-state index >= 15 is 0 Å². The normalized spacial score (nSPS) is 20.4. The van der Waals surface area contributed by atoms with Gasteiger partial charge in [0.05, 0.1) is 25.3 Å². The first-order valence-electron chi connectivity index (χ1n) is 7.86. The second-order valence-electron chi connectivity index (χ2n) is 5.68. The minimum absolute atomic E-state index is 0.221. The monoisotopic (exact) mass is 343 g/mol. The third-order valence-corrected chi connectivity index (χ3v) is 4.74. The molecule has 1 aromatic carbocycles. The first kappa shape index (κ1) is 18.5. The first-order chi connectivity index (χ1) is 11.1. The molecule has 5 nitrogen and oxygen atoms in total. The lowest BCUT2D eigenvalue weighted by atomic mass is 9.91. The van der Waals surface area contributed by atoms with E-state index in [1.54, 1.807) is 21.3 Å². The predicted octanol–water partition coefficient (Wildman–Crippen LogP) is 2.85. The summed E-state index contributed by atoms with van der Waals surface area (Å²) >= 11 is 6.14. The summed E-state index contributed by atoms with van der Waals surface area (Å²) in [5.74, 6) is 0.390. The number of methoxy groups -OCH3 is 3. The van der Waals surface area contributed by atoms with E-state index in [9.17, 15) is 0 Å². The van der Waals surface area contributed by atoms with E-state index in [0.717, 1.165) is 31.5 Å². The van der Waals surface area contributed by atoms with Gasteiger partial charge in [0.1, 0.15) is 5.75 Å². The molecule has 0 saturated carbocycles. The van der Waals surface area contributed by atoms with E-state index in [-0.39, 0.29) is 5.92 Å². The summed E-state index contributed by atoms with van der Waals surface area (Å²) in [4.78, 5) is 0. The summed E-state index contributed by atoms with van der Waals surface area (Å²) in [6.45, 7) is 2.95. The lowest BCUT2D eigenvalue weighted by Gasteiger charge is -2.41. The van der Waals surface area contributed by atoms with E-state index in [1.165, 1.54) is 0 Å². The van der Waals surface area contributed by atoms with Crippen LogP contribution in [0.2, 0.25) is 5.02 Å². The summed E-state index contributed by atoms with van der Waals surface area (Å²) in [7, 11) is 5.02. The van der Waals surface area contributed by atoms with Gasteiger partial charge in [-0.25, -0.2) is 0 Å². The van der Waals surface area contributed by atoms with Crippen molar-refractivity contribution in [2.24, 2.45) is 5.92 Å². The van der Waals surface area contributed by atoms with Crippen LogP contribution in [0.25, 0.3) is 0 Å². The zero-order chi connectivity index (χ0) is 16.7. The topological polar surface area (TPSA) is 49.0 Å². The maximum absolute atomic E-state index is 6.14. The van der Waals surface area contributed by atoms with Crippen molar-refractivity contribution in [2.45, 2.75) is 25.2 Å². The van der Waals surface area contributed by atoms with Crippen molar-refractivity contribution in [3.63, 3.8) is 0 Å². The zero-order valence-electron chi connectivity index (χ0n) is 14.1. The Bertz CT molecular complexity index is 493. The SMILES string of the molecule is COc1ccc(CNCCC2COCCC2(OC)OC)cc1Cl. The van der Waals surface area contributed by atoms with Crippen molar-refractivity contribution >= 4 is 11.6 Å². The molecule has 0 aliphatic carbocycles. The molecule has 23 heavy (non-hydrogen) atoms. The molecule has 1 atom stereocenters. The number of ether oxygens (including phenoxy) is 4. The van der Waals surface area contributed by atoms with Gasteiger partial charge in [0.15, 0.2) is 5.79 Å². The van der Waals surface area contributed by atoms with Gasteiger partial charge in [-0.15, -0.1) is 0 Å². The molecule has 2 rings (SSSR count). The molecule has 1 aromatic rings. The van der Waals surface area contributed by atoms with Gasteiger partial charge in [-0.05, 0) is 30.7 Å². The summed E-state index contributed by atoms with van der Waals surface area (Å²) in [5, 5.41) is 4.06. The van der Waals surface area contributed by atoms with Gasteiger partial charge in [0.25, 0.3) is 0 Å². The number of benzene rings is 1. The second-order valence-corrected chi connectivity index (χ2v) is 6.08. The Morgan fingerprint density at radius 3 is 2.74 bits per heavy atom. The zero-order valence-corrected chi connectivity index (χ0v) is 14.8. The number of hydrogen-bond donors (Lipinski definition) is 1. The van der Waals surface area contributed by atoms with Crippen LogP contribution in [0, 0.1) is 5.92 Å². The van der Waals surface area contributed by atoms with Crippen LogP contribution in [0.15, 0.2) is 18.2 Å². The van der Waals surface area contributed by atoms with Crippen molar-refractivity contribution in [3.05, 3.63) is 28.8 Å². The molecule has 130 valence electrons. The molecule has 0 spiro atoms. The van der Waals surface area contributed by atoms with Crippen molar-refractivity contribution in [2.75, 3.05) is 41.1 Å². The van der Waals surface area contributed by atoms with Crippen molar-refractivity contribution in [1.82, 2.24) is 5.32 Å². The molecule has 0 bridgehead atoms. The maximum atomic E-state index is 6.14. The molecule has 1 aliphatic rings. The lowest BCUT2D eigenvalue weighted by Crippen LogP contribution is -2.49. The molecule has 0 amide bonds. The summed E-state index contributed by atoms with van der Waals surface area (Å²) < 4.78 is 22.0. The standard InChI is InChI=1S/C17H26ClNO4/c1-20-16-5-4-13(10-15(16)18)11-19-8-6-14-12-23-9-7-17(14,21-2)22-3/h4-5,10,14,19H,6-9,11-12H2,1-3H3. The van der Waals surface area contributed by atoms with Crippen LogP contribution in [0.5, 0.6) is 5.75 Å². The smallest absolute Gasteiger partial charge is 0.174 e. The van der Waals surface area contributed by atoms with E-state index < -0.39 is 5.79 Å². The summed E-state index contributed by atoms with van der Waals surface area (Å²) in [6.07, 6.45) is 1.68. The van der Waals surface area contributed by atoms with Gasteiger partial charge in [0, 0.05) is 33.1 Å². The van der Waals surface area contributed by atoms with Gasteiger partial charge < -0.3 is 24.3 Å². The van der Waals surface area contributed by atoms with Gasteiger partial charge in [0.2, 0.25) is 0 Å². The number of hydrogen-bond acceptors (Lipinski definition) is 5. The van der Waals surface area contributed by atoms with E-state index in [0.29, 0.717) is 24.0 Å². The Labute approximate surface area is 143 Å². The van der Waals surface area contributed by atoms with Crippen LogP contribution < -0.4 is 10.1 Å². The van der Waals surface area contributed by atoms with Gasteiger partial charge >= 0.3 is 0 Å². The van der Waals surface area contributed by atoms with E-state index in [1.807, 2.05) is 18.2 Å². The molecule has 0 radical (unpaired) electrons. The maximum Gasteiger partial charge on any atom is 0.174 e. The van der Waals surface area contributed by atoms with Crippen molar-refractivity contribution in [1.29, 1.82) is 0 Å². The van der Waals surface area contributed by atoms with Crippen LogP contribution in [-0.2, 0) is 20.8 Å². The Morgan fingerprint density at radius 1 is 1.30 bits per heavy atom. The fourth-order valence-electron chi connectivity index (χ4n) is 3.02. The molecular weight excluding hydrogens is 318 g/mol. The molecular formula is C17H26ClNO4. The fraction of sp³-hybridized carbons (Fsp3) is 0.647. The Hall–Kier alpha value is -0.850. The van der Waals surface area contributed by atoms with Crippen LogP contribution in [0.3, 0.4) is 0 Å². The highest BCUT2D eigenvalue weighted by molar-refractivity contribution is 6.32. The third-order valence-electron chi connectivity index (χ3n) is 4.44. The molecule has 1 saturated heterocycles. The summed E-state index contributed by atoms with van der Waals surface area (Å²) in [6, 6.07) is 5.82. The second kappa shape index (κ2) is 8.85. The molecule has 1 N–H and O–H groups in total. The highest BCUT2D eigenvalue weighted by Gasteiger charge is 2.41. The number of nitrogens with one attached hydrogen (secondary N) is 1. The van der Waals surface area contributed by atoms with E-state index in [4.69, 9.17) is 30.5 Å². The Balaban J connectivity index is 1.81. The predicted molar refractivity (Wildman–Crippen MR) is 90.0 cm³/mol. The van der Waals surface area contributed by atoms with Crippen LogP contribution >= 0.6 is 11.6 Å². The van der Waals surface area contributed by atoms with Gasteiger partial charge in [-0.3, -0.25) is 0 Å². The molecule has 1 heterocycles. The quantitative estimate of drug-likeness (QED) is 0.581. The number of halogens is 1. The fourth-order valence-corrected chi connectivity index (χ4v) is 3.30. The average Bonchev–Trinajstić information content (AvgIpc) is 2.59. The molecule has 1 unspecified atom stereocenters. The molecule has 0 aromatic heterocycles. The third kappa shape index (κ3) is 4.58. The highest BCUT2D eigenvalue weighted by atomic mass is 35.5. The van der Waals surface area contributed by atoms with Crippen LogP contribution in [0.1, 0.15) is 18.4 Å². The van der Waals surface area contributed by atoms with Crippen LogP contribution in [-0.4, -0.2) is 46.9 Å². The number of rotatable bonds is 8. The Kier molecular flexibility index (Phi) is 7.11. The van der Waals surface area contributed by atoms with Crippen molar-refractivity contribution < 1.29 is 18.9 Å². The molecule has 1 fully saturated rings. The lowest BCUT2D eigenvalue weighted by molar-refractivity contribution is -0.276. The highest BCUT2D eigenvalue weighted by Crippen LogP contribution is 2.32. The van der Waals surface area contributed by atoms with Crippen LogP contribution in [0.4, 0.5) is 0 Å². The van der Waals surface area contributed by atoms with Crippen molar-refractivity contribution in [3.8, 4) is 5.75 Å². The first-order valence-corrected chi connectivity index (χ1v) is 8.24. The minimum Gasteiger partial charge on any atom is -0.495 e. The largest absolute Gasteiger partial charge is 0.495 e. The average molecular weight is 344 g/mol. The Morgan fingerprint density at radius 2 is 2.09 bits per heavy atom. The summed E-state index contributed by atoms with van der Waals surface area (Å²) in [5.41, 5.74) is 1.13. The molecule has 6 heteroatoms. The van der Waals surface area contributed by atoms with Gasteiger partial charge in [-0.1, -0.05) is 17.7 Å². The minimum atomic E-state index is -0.524. The molecule has 1 aliphatic heterocycles.